The maximum absolute atomic E-state index is 12.5. The largest absolute Gasteiger partial charge is 0.394 e. The molecule has 0 aromatic rings. The minimum absolute atomic E-state index is 0.280. The summed E-state index contributed by atoms with van der Waals surface area (Å²) in [6.07, 6.45) is -40.2. The highest BCUT2D eigenvalue weighted by Gasteiger charge is 2.56. The van der Waals surface area contributed by atoms with E-state index in [1.807, 2.05) is 41.5 Å². The summed E-state index contributed by atoms with van der Waals surface area (Å²) >= 11 is 0. The van der Waals surface area contributed by atoms with Gasteiger partial charge < -0.3 is 125 Å². The van der Waals surface area contributed by atoms with Crippen molar-refractivity contribution in [3.8, 4) is 0 Å². The molecular weight excluding hydrogens is 944 g/mol. The molecule has 5 heterocycles. The maximum atomic E-state index is 12.5. The summed E-state index contributed by atoms with van der Waals surface area (Å²) in [6, 6.07) is -2.70. The molecule has 25 unspecified atom stereocenters. The molecule has 25 atom stereocenters. The van der Waals surface area contributed by atoms with Gasteiger partial charge in [-0.2, -0.15) is 0 Å². The Balaban J connectivity index is 0.00000269. The first-order valence-corrected chi connectivity index (χ1v) is 23.8. The summed E-state index contributed by atoms with van der Waals surface area (Å²) in [6.45, 7) is 13.6. The number of hydrogen-bond acceptors (Lipinski definition) is 25. The zero-order valence-corrected chi connectivity index (χ0v) is 41.3. The van der Waals surface area contributed by atoms with Crippen LogP contribution in [0.4, 0.5) is 0 Å². The highest BCUT2D eigenvalue weighted by molar-refractivity contribution is 5.73. The average molecular weight is 1030 g/mol. The Morgan fingerprint density at radius 1 is 0.429 bits per heavy atom. The van der Waals surface area contributed by atoms with Crippen molar-refractivity contribution in [1.82, 2.24) is 10.6 Å². The number of amides is 2. The maximum Gasteiger partial charge on any atom is 0.217 e. The van der Waals surface area contributed by atoms with Crippen molar-refractivity contribution in [3.05, 3.63) is 0 Å². The van der Waals surface area contributed by atoms with Crippen LogP contribution < -0.4 is 10.6 Å². The number of aliphatic hydroxyl groups is 14. The number of carbonyl (C=O) groups is 2. The standard InChI is InChI=1S/C37H64N2O25.3C2H6/c1-10(2)30-18(38-11(3)44)23(49)31(15(7-42)57-30)62-34-19(39-12(4)45)24(50)32(16(8-43)60-34)63-37-29(55)33(64-36-28(54)26(52)21(47)14(6-41)59-36)22(48)17(61-37)9-56-35-27(53)25(51)20(46)13(5-40)58-35;3*1-2/h10,13-37,40-43,46-55H,5-9H2,1-4H3,(H,38,44)(H,39,45);3*1-2H3. The van der Waals surface area contributed by atoms with Crippen LogP contribution in [-0.4, -0.2) is 270 Å². The van der Waals surface area contributed by atoms with Gasteiger partial charge >= 0.3 is 0 Å². The molecule has 0 aliphatic carbocycles. The highest BCUT2D eigenvalue weighted by atomic mass is 16.8. The van der Waals surface area contributed by atoms with Crippen molar-refractivity contribution >= 4 is 11.8 Å². The van der Waals surface area contributed by atoms with Crippen LogP contribution in [0.2, 0.25) is 0 Å². The van der Waals surface area contributed by atoms with E-state index >= 15 is 0 Å². The lowest BCUT2D eigenvalue weighted by Crippen LogP contribution is -2.70. The molecule has 5 aliphatic heterocycles. The van der Waals surface area contributed by atoms with E-state index < -0.39 is 198 Å². The van der Waals surface area contributed by atoms with Gasteiger partial charge in [0, 0.05) is 13.8 Å². The Labute approximate surface area is 407 Å². The number of hydrogen-bond donors (Lipinski definition) is 16. The molecule has 0 bridgehead atoms. The lowest BCUT2D eigenvalue weighted by atomic mass is 9.87. The molecule has 5 aliphatic rings. The van der Waals surface area contributed by atoms with Gasteiger partial charge in [-0.1, -0.05) is 55.4 Å². The molecule has 0 spiro atoms. The van der Waals surface area contributed by atoms with E-state index in [9.17, 15) is 81.1 Å². The third-order valence-electron chi connectivity index (χ3n) is 11.8. The van der Waals surface area contributed by atoms with E-state index in [-0.39, 0.29) is 5.92 Å². The average Bonchev–Trinajstić information content (AvgIpc) is 3.34. The molecule has 5 saturated heterocycles. The van der Waals surface area contributed by atoms with Crippen molar-refractivity contribution in [3.63, 3.8) is 0 Å². The summed E-state index contributed by atoms with van der Waals surface area (Å²) in [4.78, 5) is 24.7. The van der Waals surface area contributed by atoms with Crippen LogP contribution in [-0.2, 0) is 52.2 Å². The molecule has 0 aromatic heterocycles. The Morgan fingerprint density at radius 3 is 1.27 bits per heavy atom. The first kappa shape index (κ1) is 64.1. The van der Waals surface area contributed by atoms with E-state index in [0.29, 0.717) is 0 Å². The predicted octanol–water partition coefficient (Wildman–Crippen LogP) is -6.85. The number of carbonyl (C=O) groups excluding carboxylic acids is 2. The first-order chi connectivity index (χ1) is 33.2. The van der Waals surface area contributed by atoms with Crippen LogP contribution in [0.3, 0.4) is 0 Å². The summed E-state index contributed by atoms with van der Waals surface area (Å²) in [7, 11) is 0. The van der Waals surface area contributed by atoms with Crippen LogP contribution >= 0.6 is 0 Å². The fourth-order valence-electron chi connectivity index (χ4n) is 8.36. The number of nitrogens with one attached hydrogen (secondary N) is 2. The quantitative estimate of drug-likeness (QED) is 0.0683. The van der Waals surface area contributed by atoms with Crippen molar-refractivity contribution in [2.75, 3.05) is 33.0 Å². The van der Waals surface area contributed by atoms with Crippen LogP contribution in [0.15, 0.2) is 0 Å². The Kier molecular flexibility index (Phi) is 27.9. The predicted molar refractivity (Wildman–Crippen MR) is 236 cm³/mol. The number of aliphatic hydroxyl groups excluding tert-OH is 14. The molecule has 0 saturated carbocycles. The molecule has 27 nitrogen and oxygen atoms in total. The van der Waals surface area contributed by atoms with Crippen molar-refractivity contribution in [1.29, 1.82) is 0 Å². The molecule has 27 heteroatoms. The zero-order chi connectivity index (χ0) is 53.5. The lowest BCUT2D eigenvalue weighted by Gasteiger charge is -2.51. The SMILES string of the molecule is CC.CC.CC.CC(=O)NC1C(OC2C(CO)OC(C(C)C)C(NC(C)=O)C2O)OC(CO)C(OC2OC(COC3OC(CO)C(O)C(O)C3O)C(O)C(OC3OC(CO)C(O)C(O)C3O)C2O)C1O. The molecule has 5 fully saturated rings. The molecule has 16 N–H and O–H groups in total. The fraction of sp³-hybridized carbons (Fsp3) is 0.953. The minimum Gasteiger partial charge on any atom is -0.394 e. The molecule has 70 heavy (non-hydrogen) atoms. The van der Waals surface area contributed by atoms with Crippen molar-refractivity contribution in [2.24, 2.45) is 5.92 Å². The van der Waals surface area contributed by atoms with Gasteiger partial charge in [0.2, 0.25) is 11.8 Å². The molecule has 5 rings (SSSR count). The summed E-state index contributed by atoms with van der Waals surface area (Å²) in [5.74, 6) is -1.56. The van der Waals surface area contributed by atoms with Crippen LogP contribution in [0, 0.1) is 5.92 Å². The topological polar surface area (TPSA) is 424 Å². The number of ether oxygens (including phenoxy) is 9. The van der Waals surface area contributed by atoms with E-state index in [1.165, 1.54) is 6.92 Å². The van der Waals surface area contributed by atoms with Crippen LogP contribution in [0.5, 0.6) is 0 Å². The smallest absolute Gasteiger partial charge is 0.217 e. The van der Waals surface area contributed by atoms with Gasteiger partial charge in [0.05, 0.1) is 45.2 Å². The lowest BCUT2D eigenvalue weighted by molar-refractivity contribution is -0.383. The second-order valence-corrected chi connectivity index (χ2v) is 16.8. The second-order valence-electron chi connectivity index (χ2n) is 16.8. The molecule has 414 valence electrons. The highest BCUT2D eigenvalue weighted by Crippen LogP contribution is 2.36. The Bertz CT molecular complexity index is 1490. The van der Waals surface area contributed by atoms with Crippen molar-refractivity contribution < 1.29 is 124 Å². The monoisotopic (exact) mass is 1030 g/mol. The molecule has 0 aromatic carbocycles. The Morgan fingerprint density at radius 2 is 0.800 bits per heavy atom. The minimum atomic E-state index is -2.16. The second kappa shape index (κ2) is 30.4. The first-order valence-electron chi connectivity index (χ1n) is 23.8. The Hall–Kier alpha value is -1.98. The molecular formula is C43H82N2O25. The van der Waals surface area contributed by atoms with E-state index in [4.69, 9.17) is 42.6 Å². The summed E-state index contributed by atoms with van der Waals surface area (Å²) < 4.78 is 52.0. The van der Waals surface area contributed by atoms with Gasteiger partial charge in [-0.15, -0.1) is 0 Å². The fourth-order valence-corrected chi connectivity index (χ4v) is 8.36. The number of rotatable bonds is 16. The third-order valence-corrected chi connectivity index (χ3v) is 11.8. The van der Waals surface area contributed by atoms with Gasteiger partial charge in [0.1, 0.15) is 116 Å². The normalized spacial score (nSPS) is 44.0. The van der Waals surface area contributed by atoms with E-state index in [0.717, 1.165) is 6.92 Å². The van der Waals surface area contributed by atoms with Crippen molar-refractivity contribution in [2.45, 2.75) is 222 Å². The van der Waals surface area contributed by atoms with Gasteiger partial charge in [0.25, 0.3) is 0 Å². The molecule has 0 radical (unpaired) electrons. The molecule has 2 amide bonds. The van der Waals surface area contributed by atoms with E-state index in [2.05, 4.69) is 10.6 Å². The third kappa shape index (κ3) is 15.3. The zero-order valence-electron chi connectivity index (χ0n) is 41.3. The summed E-state index contributed by atoms with van der Waals surface area (Å²) in [5.41, 5.74) is 0. The van der Waals surface area contributed by atoms with E-state index in [1.54, 1.807) is 13.8 Å². The summed E-state index contributed by atoms with van der Waals surface area (Å²) in [5, 5.41) is 154. The van der Waals surface area contributed by atoms with Crippen LogP contribution in [0.25, 0.3) is 0 Å². The van der Waals surface area contributed by atoms with Gasteiger partial charge in [-0.25, -0.2) is 0 Å². The van der Waals surface area contributed by atoms with Gasteiger partial charge in [0.15, 0.2) is 25.2 Å². The van der Waals surface area contributed by atoms with Crippen LogP contribution in [0.1, 0.15) is 69.2 Å². The van der Waals surface area contributed by atoms with Gasteiger partial charge in [-0.3, -0.25) is 9.59 Å². The van der Waals surface area contributed by atoms with Gasteiger partial charge in [-0.05, 0) is 5.92 Å².